The second-order valence-corrected chi connectivity index (χ2v) is 5.27. The van der Waals surface area contributed by atoms with Crippen LogP contribution in [0, 0.1) is 10.8 Å². The van der Waals surface area contributed by atoms with Crippen LogP contribution in [0.15, 0.2) is 48.5 Å². The van der Waals surface area contributed by atoms with Crippen molar-refractivity contribution in [1.82, 2.24) is 4.57 Å². The number of aryl methyl sites for hydroxylation is 1. The molecule has 0 spiro atoms. The van der Waals surface area contributed by atoms with Crippen molar-refractivity contribution in [3.8, 4) is 11.3 Å². The molecule has 5 nitrogen and oxygen atoms in total. The topological polar surface area (TPSA) is 105 Å². The molecule has 6 N–H and O–H groups in total. The monoisotopic (exact) mass is 363 g/mol. The zero-order chi connectivity index (χ0) is 15.9. The summed E-state index contributed by atoms with van der Waals surface area (Å²) in [6, 6.07) is 15.4. The van der Waals surface area contributed by atoms with Gasteiger partial charge in [-0.2, -0.15) is 0 Å². The molecule has 3 aromatic rings. The van der Waals surface area contributed by atoms with Crippen LogP contribution in [0.1, 0.15) is 11.1 Å². The first-order chi connectivity index (χ1) is 10.5. The van der Waals surface area contributed by atoms with Crippen LogP contribution in [0.2, 0.25) is 0 Å². The predicted molar refractivity (Wildman–Crippen MR) is 105 cm³/mol. The molecule has 0 unspecified atom stereocenters. The van der Waals surface area contributed by atoms with E-state index in [9.17, 15) is 0 Å². The highest BCUT2D eigenvalue weighted by Gasteiger charge is 2.09. The number of halogens is 2. The van der Waals surface area contributed by atoms with E-state index in [0.717, 1.165) is 22.2 Å². The molecule has 0 fully saturated rings. The summed E-state index contributed by atoms with van der Waals surface area (Å²) in [4.78, 5) is 0. The first kappa shape index (κ1) is 19.5. The van der Waals surface area contributed by atoms with E-state index in [2.05, 4.69) is 10.6 Å². The Morgan fingerprint density at radius 3 is 1.92 bits per heavy atom. The van der Waals surface area contributed by atoms with Gasteiger partial charge in [-0.1, -0.05) is 36.4 Å². The number of hydrogen-bond donors (Lipinski definition) is 4. The van der Waals surface area contributed by atoms with Crippen molar-refractivity contribution in [2.45, 2.75) is 0 Å². The van der Waals surface area contributed by atoms with E-state index in [1.54, 1.807) is 0 Å². The molecule has 2 aromatic carbocycles. The van der Waals surface area contributed by atoms with E-state index in [1.807, 2.05) is 49.5 Å². The number of aromatic nitrogens is 1. The van der Waals surface area contributed by atoms with Crippen LogP contribution < -0.4 is 11.5 Å². The standard InChI is InChI=1S/C17H17N5.2ClH/c1-22-14(10-2-4-11(5-3-10)16(18)19)8-12-6-7-13(17(20)21)9-15(12)22;;/h2-9H,1H3,(H3,18,19)(H3,20,21);2*1H. The van der Waals surface area contributed by atoms with Crippen molar-refractivity contribution < 1.29 is 0 Å². The number of nitrogens with two attached hydrogens (primary N) is 2. The summed E-state index contributed by atoms with van der Waals surface area (Å²) in [6.07, 6.45) is 0. The third kappa shape index (κ3) is 3.37. The van der Waals surface area contributed by atoms with Gasteiger partial charge in [0.25, 0.3) is 0 Å². The molecule has 7 heteroatoms. The molecule has 1 heterocycles. The number of nitrogens with one attached hydrogen (secondary N) is 2. The summed E-state index contributed by atoms with van der Waals surface area (Å²) in [5.74, 6) is 0.130. The summed E-state index contributed by atoms with van der Waals surface area (Å²) in [5, 5.41) is 16.1. The molecule has 1 aromatic heterocycles. The lowest BCUT2D eigenvalue weighted by Crippen LogP contribution is -2.10. The number of nitrogen functional groups attached to an aromatic ring is 2. The Kier molecular flexibility index (Phi) is 6.01. The fourth-order valence-corrected chi connectivity index (χ4v) is 2.60. The molecule has 24 heavy (non-hydrogen) atoms. The minimum atomic E-state index is 0. The zero-order valence-corrected chi connectivity index (χ0v) is 14.7. The maximum absolute atomic E-state index is 7.55. The van der Waals surface area contributed by atoms with E-state index >= 15 is 0 Å². The highest BCUT2D eigenvalue weighted by molar-refractivity contribution is 6.00. The predicted octanol–water partition coefficient (Wildman–Crippen LogP) is 3.26. The third-order valence-corrected chi connectivity index (χ3v) is 3.85. The van der Waals surface area contributed by atoms with Crippen molar-refractivity contribution in [1.29, 1.82) is 10.8 Å². The molecule has 0 bridgehead atoms. The summed E-state index contributed by atoms with van der Waals surface area (Å²) in [7, 11) is 1.99. The van der Waals surface area contributed by atoms with E-state index < -0.39 is 0 Å². The maximum Gasteiger partial charge on any atom is 0.122 e. The van der Waals surface area contributed by atoms with E-state index in [4.69, 9.17) is 22.3 Å². The van der Waals surface area contributed by atoms with Gasteiger partial charge in [0, 0.05) is 34.8 Å². The van der Waals surface area contributed by atoms with Gasteiger partial charge in [0.05, 0.1) is 0 Å². The van der Waals surface area contributed by atoms with Gasteiger partial charge in [-0.15, -0.1) is 24.8 Å². The normalized spacial score (nSPS) is 9.88. The minimum absolute atomic E-state index is 0. The number of hydrogen-bond acceptors (Lipinski definition) is 2. The van der Waals surface area contributed by atoms with Crippen molar-refractivity contribution in [3.05, 3.63) is 59.7 Å². The van der Waals surface area contributed by atoms with E-state index in [-0.39, 0.29) is 36.5 Å². The van der Waals surface area contributed by atoms with E-state index in [1.165, 1.54) is 0 Å². The molecule has 0 amide bonds. The van der Waals surface area contributed by atoms with Crippen LogP contribution >= 0.6 is 24.8 Å². The fraction of sp³-hybridized carbons (Fsp3) is 0.0588. The van der Waals surface area contributed by atoms with Crippen molar-refractivity contribution >= 4 is 47.4 Å². The number of amidine groups is 2. The van der Waals surface area contributed by atoms with Gasteiger partial charge in [0.1, 0.15) is 11.7 Å². The molecule has 0 saturated carbocycles. The Morgan fingerprint density at radius 1 is 0.833 bits per heavy atom. The molecule has 126 valence electrons. The van der Waals surface area contributed by atoms with Crippen molar-refractivity contribution in [3.63, 3.8) is 0 Å². The average molecular weight is 364 g/mol. The van der Waals surface area contributed by atoms with Crippen molar-refractivity contribution in [2.75, 3.05) is 0 Å². The van der Waals surface area contributed by atoms with E-state index in [0.29, 0.717) is 11.1 Å². The van der Waals surface area contributed by atoms with Gasteiger partial charge in [-0.3, -0.25) is 10.8 Å². The molecule has 0 atom stereocenters. The Morgan fingerprint density at radius 2 is 1.38 bits per heavy atom. The quantitative estimate of drug-likeness (QED) is 0.423. The lowest BCUT2D eigenvalue weighted by molar-refractivity contribution is 0.978. The van der Waals surface area contributed by atoms with Gasteiger partial charge >= 0.3 is 0 Å². The van der Waals surface area contributed by atoms with Gasteiger partial charge in [-0.05, 0) is 17.7 Å². The number of rotatable bonds is 3. The van der Waals surface area contributed by atoms with Gasteiger partial charge in [0.15, 0.2) is 0 Å². The first-order valence-electron chi connectivity index (χ1n) is 6.86. The molecular weight excluding hydrogens is 345 g/mol. The molecule has 3 rings (SSSR count). The van der Waals surface area contributed by atoms with Gasteiger partial charge in [0.2, 0.25) is 0 Å². The molecule has 0 radical (unpaired) electrons. The molecular formula is C17H19Cl2N5. The van der Waals surface area contributed by atoms with Crippen LogP contribution in [0.25, 0.3) is 22.2 Å². The SMILES string of the molecule is Cl.Cl.Cn1c(-c2ccc(C(=N)N)cc2)cc2ccc(C(=N)N)cc21. The Balaban J connectivity index is 0.00000144. The summed E-state index contributed by atoms with van der Waals surface area (Å²) in [5.41, 5.74) is 15.6. The lowest BCUT2D eigenvalue weighted by Gasteiger charge is -2.06. The van der Waals surface area contributed by atoms with Crippen molar-refractivity contribution in [2.24, 2.45) is 18.5 Å². The number of nitrogens with zero attached hydrogens (tertiary/aromatic N) is 1. The maximum atomic E-state index is 7.55. The van der Waals surface area contributed by atoms with Crippen LogP contribution in [0.5, 0.6) is 0 Å². The number of benzene rings is 2. The minimum Gasteiger partial charge on any atom is -0.384 e. The van der Waals surface area contributed by atoms with Crippen LogP contribution in [-0.4, -0.2) is 16.2 Å². The summed E-state index contributed by atoms with van der Waals surface area (Å²) < 4.78 is 2.07. The van der Waals surface area contributed by atoms with Crippen LogP contribution in [-0.2, 0) is 7.05 Å². The Labute approximate surface area is 152 Å². The number of fused-ring (bicyclic) bond motifs is 1. The average Bonchev–Trinajstić information content (AvgIpc) is 2.84. The second kappa shape index (κ2) is 7.38. The Hall–Kier alpha value is -2.50. The smallest absolute Gasteiger partial charge is 0.122 e. The van der Waals surface area contributed by atoms with Crippen LogP contribution in [0.3, 0.4) is 0 Å². The highest BCUT2D eigenvalue weighted by atomic mass is 35.5. The largest absolute Gasteiger partial charge is 0.384 e. The summed E-state index contributed by atoms with van der Waals surface area (Å²) >= 11 is 0. The molecule has 0 aliphatic carbocycles. The van der Waals surface area contributed by atoms with Crippen LogP contribution in [0.4, 0.5) is 0 Å². The summed E-state index contributed by atoms with van der Waals surface area (Å²) in [6.45, 7) is 0. The molecule has 0 aliphatic rings. The van der Waals surface area contributed by atoms with Gasteiger partial charge in [-0.25, -0.2) is 0 Å². The zero-order valence-electron chi connectivity index (χ0n) is 13.0. The second-order valence-electron chi connectivity index (χ2n) is 5.27. The first-order valence-corrected chi connectivity index (χ1v) is 6.86. The Bertz CT molecular complexity index is 897. The molecule has 0 aliphatic heterocycles. The molecule has 0 saturated heterocycles. The fourth-order valence-electron chi connectivity index (χ4n) is 2.60. The lowest BCUT2D eigenvalue weighted by atomic mass is 10.1. The van der Waals surface area contributed by atoms with Gasteiger partial charge < -0.3 is 16.0 Å². The third-order valence-electron chi connectivity index (χ3n) is 3.85. The highest BCUT2D eigenvalue weighted by Crippen LogP contribution is 2.28.